The highest BCUT2D eigenvalue weighted by atomic mass is 16.5. The van der Waals surface area contributed by atoms with Crippen molar-refractivity contribution >= 4 is 11.9 Å². The zero-order valence-electron chi connectivity index (χ0n) is 13.9. The fourth-order valence-corrected chi connectivity index (χ4v) is 2.84. The first-order valence-electron chi connectivity index (χ1n) is 7.99. The van der Waals surface area contributed by atoms with Crippen molar-refractivity contribution in [2.45, 2.75) is 39.4 Å². The van der Waals surface area contributed by atoms with Gasteiger partial charge in [-0.15, -0.1) is 0 Å². The van der Waals surface area contributed by atoms with Gasteiger partial charge in [-0.25, -0.2) is 0 Å². The van der Waals surface area contributed by atoms with E-state index in [-0.39, 0.29) is 32.7 Å². The smallest absolute Gasteiger partial charge is 0.329 e. The Balaban J connectivity index is 2.41. The Labute approximate surface area is 141 Å². The van der Waals surface area contributed by atoms with Crippen LogP contribution in [-0.4, -0.2) is 31.3 Å². The maximum absolute atomic E-state index is 12.6. The van der Waals surface area contributed by atoms with Crippen LogP contribution in [0, 0.1) is 16.7 Å². The summed E-state index contributed by atoms with van der Waals surface area (Å²) in [5.41, 5.74) is 0.168. The average molecular weight is 331 g/mol. The Morgan fingerprint density at radius 2 is 1.92 bits per heavy atom. The van der Waals surface area contributed by atoms with Crippen LogP contribution in [-0.2, 0) is 36.8 Å². The lowest BCUT2D eigenvalue weighted by molar-refractivity contribution is -0.164. The van der Waals surface area contributed by atoms with E-state index in [4.69, 9.17) is 14.2 Å². The van der Waals surface area contributed by atoms with Gasteiger partial charge in [0.2, 0.25) is 0 Å². The van der Waals surface area contributed by atoms with E-state index in [1.165, 1.54) is 0 Å². The number of fused-ring (bicyclic) bond motifs is 1. The molecular formula is C18H21NO5. The van der Waals surface area contributed by atoms with Gasteiger partial charge in [0.25, 0.3) is 0 Å². The normalized spacial score (nSPS) is 22.6. The van der Waals surface area contributed by atoms with E-state index >= 15 is 0 Å². The Bertz CT molecular complexity index is 651. The molecule has 0 amide bonds. The summed E-state index contributed by atoms with van der Waals surface area (Å²) in [4.78, 5) is 24.5. The molecule has 1 aromatic rings. The minimum atomic E-state index is -1.57. The summed E-state index contributed by atoms with van der Waals surface area (Å²) >= 11 is 0. The van der Waals surface area contributed by atoms with Gasteiger partial charge in [0.05, 0.1) is 38.4 Å². The molecular weight excluding hydrogens is 310 g/mol. The summed E-state index contributed by atoms with van der Waals surface area (Å²) < 4.78 is 15.9. The van der Waals surface area contributed by atoms with Crippen LogP contribution in [0.25, 0.3) is 0 Å². The van der Waals surface area contributed by atoms with Crippen molar-refractivity contribution in [1.29, 1.82) is 5.26 Å². The lowest BCUT2D eigenvalue weighted by atomic mass is 9.76. The van der Waals surface area contributed by atoms with Crippen LogP contribution in [0.1, 0.15) is 31.4 Å². The van der Waals surface area contributed by atoms with Crippen LogP contribution in [0.3, 0.4) is 0 Å². The van der Waals surface area contributed by atoms with E-state index in [1.54, 1.807) is 13.8 Å². The van der Waals surface area contributed by atoms with Crippen molar-refractivity contribution < 1.29 is 23.8 Å². The first kappa shape index (κ1) is 18.0. The van der Waals surface area contributed by atoms with E-state index < -0.39 is 23.5 Å². The Morgan fingerprint density at radius 3 is 2.54 bits per heavy atom. The molecule has 0 spiro atoms. The zero-order valence-corrected chi connectivity index (χ0v) is 13.9. The van der Waals surface area contributed by atoms with Crippen LogP contribution in [0.2, 0.25) is 0 Å². The second kappa shape index (κ2) is 7.93. The van der Waals surface area contributed by atoms with Gasteiger partial charge in [0.15, 0.2) is 5.41 Å². The number of benzene rings is 1. The number of carbonyl (C=O) groups is 2. The van der Waals surface area contributed by atoms with Crippen LogP contribution >= 0.6 is 0 Å². The lowest BCUT2D eigenvalue weighted by Gasteiger charge is -2.30. The number of hydrogen-bond acceptors (Lipinski definition) is 6. The lowest BCUT2D eigenvalue weighted by Crippen LogP contribution is -2.46. The predicted octanol–water partition coefficient (Wildman–Crippen LogP) is 2.15. The topological polar surface area (TPSA) is 85.6 Å². The Hall–Kier alpha value is -2.39. The third-order valence-electron chi connectivity index (χ3n) is 4.07. The highest BCUT2D eigenvalue weighted by molar-refractivity contribution is 5.83. The van der Waals surface area contributed by atoms with Crippen LogP contribution < -0.4 is 0 Å². The van der Waals surface area contributed by atoms with Crippen molar-refractivity contribution in [2.24, 2.45) is 5.41 Å². The molecule has 1 heterocycles. The minimum absolute atomic E-state index is 0.141. The second-order valence-corrected chi connectivity index (χ2v) is 5.56. The summed E-state index contributed by atoms with van der Waals surface area (Å²) in [6.45, 7) is 3.98. The largest absolute Gasteiger partial charge is 0.466 e. The summed E-state index contributed by atoms with van der Waals surface area (Å²) in [6.07, 6.45) is -0.954. The molecule has 128 valence electrons. The fourth-order valence-electron chi connectivity index (χ4n) is 2.84. The van der Waals surface area contributed by atoms with Crippen LogP contribution in [0.5, 0.6) is 0 Å². The van der Waals surface area contributed by atoms with Gasteiger partial charge in [-0.3, -0.25) is 9.59 Å². The summed E-state index contributed by atoms with van der Waals surface area (Å²) in [5, 5.41) is 9.82. The summed E-state index contributed by atoms with van der Waals surface area (Å²) in [7, 11) is 0. The van der Waals surface area contributed by atoms with E-state index in [1.807, 2.05) is 24.3 Å². The molecule has 0 radical (unpaired) electrons. The standard InChI is InChI=1S/C18H21NO5/c1-3-22-16(20)9-15-18(12-19,17(21)23-4-2)10-13-7-5-6-8-14(13)11-24-15/h5-8,15H,3-4,9-11H2,1-2H3/t15-,18-/m1/s1. The maximum Gasteiger partial charge on any atom is 0.329 e. The molecule has 0 fully saturated rings. The molecule has 0 aromatic heterocycles. The molecule has 0 unspecified atom stereocenters. The number of ether oxygens (including phenoxy) is 3. The van der Waals surface area contributed by atoms with Gasteiger partial charge in [0.1, 0.15) is 0 Å². The van der Waals surface area contributed by atoms with E-state index in [0.717, 1.165) is 11.1 Å². The third kappa shape index (κ3) is 3.57. The van der Waals surface area contributed by atoms with E-state index in [0.29, 0.717) is 0 Å². The van der Waals surface area contributed by atoms with Gasteiger partial charge in [-0.2, -0.15) is 5.26 Å². The number of nitrogens with zero attached hydrogens (tertiary/aromatic N) is 1. The molecule has 6 heteroatoms. The van der Waals surface area contributed by atoms with Crippen molar-refractivity contribution in [3.05, 3.63) is 35.4 Å². The van der Waals surface area contributed by atoms with E-state index in [9.17, 15) is 14.9 Å². The van der Waals surface area contributed by atoms with Gasteiger partial charge in [-0.1, -0.05) is 24.3 Å². The van der Waals surface area contributed by atoms with Gasteiger partial charge in [0, 0.05) is 6.42 Å². The van der Waals surface area contributed by atoms with Gasteiger partial charge in [-0.05, 0) is 25.0 Å². The molecule has 6 nitrogen and oxygen atoms in total. The highest BCUT2D eigenvalue weighted by Gasteiger charge is 2.51. The molecule has 0 aliphatic carbocycles. The third-order valence-corrected chi connectivity index (χ3v) is 4.07. The Morgan fingerprint density at radius 1 is 1.25 bits per heavy atom. The van der Waals surface area contributed by atoms with Crippen molar-refractivity contribution in [2.75, 3.05) is 13.2 Å². The van der Waals surface area contributed by atoms with Crippen molar-refractivity contribution in [3.63, 3.8) is 0 Å². The molecule has 2 rings (SSSR count). The molecule has 2 atom stereocenters. The first-order valence-corrected chi connectivity index (χ1v) is 7.99. The number of hydrogen-bond donors (Lipinski definition) is 0. The monoisotopic (exact) mass is 331 g/mol. The average Bonchev–Trinajstić information content (AvgIpc) is 2.73. The SMILES string of the molecule is CCOC(=O)C[C@H]1OCc2ccccc2C[C@]1(C#N)C(=O)OCC. The van der Waals surface area contributed by atoms with Gasteiger partial charge < -0.3 is 14.2 Å². The number of carbonyl (C=O) groups excluding carboxylic acids is 2. The zero-order chi connectivity index (χ0) is 17.6. The predicted molar refractivity (Wildman–Crippen MR) is 84.7 cm³/mol. The summed E-state index contributed by atoms with van der Waals surface area (Å²) in [5.74, 6) is -1.17. The molecule has 0 saturated heterocycles. The molecule has 24 heavy (non-hydrogen) atoms. The van der Waals surface area contributed by atoms with Crippen molar-refractivity contribution in [1.82, 2.24) is 0 Å². The van der Waals surface area contributed by atoms with Crippen LogP contribution in [0.4, 0.5) is 0 Å². The van der Waals surface area contributed by atoms with Crippen molar-refractivity contribution in [3.8, 4) is 6.07 Å². The maximum atomic E-state index is 12.6. The second-order valence-electron chi connectivity index (χ2n) is 5.56. The highest BCUT2D eigenvalue weighted by Crippen LogP contribution is 2.37. The van der Waals surface area contributed by atoms with Gasteiger partial charge >= 0.3 is 11.9 Å². The quantitative estimate of drug-likeness (QED) is 0.769. The fraction of sp³-hybridized carbons (Fsp3) is 0.500. The van der Waals surface area contributed by atoms with Crippen LogP contribution in [0.15, 0.2) is 24.3 Å². The first-order chi connectivity index (χ1) is 11.6. The molecule has 1 aromatic carbocycles. The number of esters is 2. The van der Waals surface area contributed by atoms with E-state index in [2.05, 4.69) is 6.07 Å². The number of rotatable bonds is 5. The molecule has 0 N–H and O–H groups in total. The molecule has 0 saturated carbocycles. The molecule has 1 aliphatic heterocycles. The molecule has 0 bridgehead atoms. The number of nitriles is 1. The molecule has 1 aliphatic rings. The minimum Gasteiger partial charge on any atom is -0.466 e. The summed E-state index contributed by atoms with van der Waals surface area (Å²) in [6, 6.07) is 9.53. The Kier molecular flexibility index (Phi) is 5.93.